The number of nitrogens with zero attached hydrogens (tertiary/aromatic N) is 2. The summed E-state index contributed by atoms with van der Waals surface area (Å²) < 4.78 is 27.1. The number of hydrogen-bond donors (Lipinski definition) is 1. The van der Waals surface area contributed by atoms with Gasteiger partial charge in [0, 0.05) is 23.1 Å². The van der Waals surface area contributed by atoms with Crippen LogP contribution in [-0.2, 0) is 10.0 Å². The molecule has 0 spiro atoms. The van der Waals surface area contributed by atoms with E-state index in [0.29, 0.717) is 5.69 Å². The minimum Gasteiger partial charge on any atom is -0.258 e. The third-order valence-electron chi connectivity index (χ3n) is 3.13. The fraction of sp³-hybridized carbons (Fsp3) is 0. The van der Waals surface area contributed by atoms with Crippen molar-refractivity contribution in [3.8, 4) is 11.3 Å². The highest BCUT2D eigenvalue weighted by Gasteiger charge is 2.19. The number of benzene rings is 2. The van der Waals surface area contributed by atoms with Gasteiger partial charge in [-0.3, -0.25) is 14.8 Å². The average molecular weight is 361 g/mol. The molecule has 0 saturated heterocycles. The Bertz CT molecular complexity index is 985. The van der Waals surface area contributed by atoms with Gasteiger partial charge in [0.25, 0.3) is 15.7 Å². The number of anilines is 1. The van der Waals surface area contributed by atoms with Gasteiger partial charge in [-0.15, -0.1) is 11.3 Å². The van der Waals surface area contributed by atoms with E-state index in [0.717, 1.165) is 23.0 Å². The lowest BCUT2D eigenvalue weighted by molar-refractivity contribution is -0.385. The van der Waals surface area contributed by atoms with Gasteiger partial charge in [-0.2, -0.15) is 0 Å². The van der Waals surface area contributed by atoms with Crippen LogP contribution < -0.4 is 4.72 Å². The number of aromatic nitrogens is 1. The lowest BCUT2D eigenvalue weighted by Crippen LogP contribution is -2.13. The average Bonchev–Trinajstić information content (AvgIpc) is 3.03. The molecular weight excluding hydrogens is 350 g/mol. The Kier molecular flexibility index (Phi) is 4.28. The molecule has 24 heavy (non-hydrogen) atoms. The van der Waals surface area contributed by atoms with E-state index in [1.54, 1.807) is 5.38 Å². The molecule has 0 radical (unpaired) electrons. The standard InChI is InChI=1S/C15H11N3O4S2/c19-18(20)12-7-4-8-13(9-12)24(21,22)17-15-16-14(10-23-15)11-5-2-1-3-6-11/h1-10H,(H,16,17). The molecule has 7 nitrogen and oxygen atoms in total. The number of nitro benzene ring substituents is 1. The molecule has 0 bridgehead atoms. The van der Waals surface area contributed by atoms with E-state index in [9.17, 15) is 18.5 Å². The zero-order valence-electron chi connectivity index (χ0n) is 12.1. The maximum atomic E-state index is 12.4. The number of rotatable bonds is 5. The molecule has 2 aromatic carbocycles. The summed E-state index contributed by atoms with van der Waals surface area (Å²) in [5, 5.41) is 12.7. The molecule has 0 atom stereocenters. The van der Waals surface area contributed by atoms with Crippen molar-refractivity contribution >= 4 is 32.2 Å². The molecule has 0 unspecified atom stereocenters. The van der Waals surface area contributed by atoms with Crippen molar-refractivity contribution < 1.29 is 13.3 Å². The number of nitro groups is 1. The number of hydrogen-bond acceptors (Lipinski definition) is 6. The quantitative estimate of drug-likeness (QED) is 0.553. The molecule has 3 rings (SSSR count). The second kappa shape index (κ2) is 6.38. The SMILES string of the molecule is O=[N+]([O-])c1cccc(S(=O)(=O)Nc2nc(-c3ccccc3)cs2)c1. The third kappa shape index (κ3) is 3.42. The van der Waals surface area contributed by atoms with Crippen molar-refractivity contribution in [2.45, 2.75) is 4.90 Å². The smallest absolute Gasteiger partial charge is 0.258 e. The van der Waals surface area contributed by atoms with E-state index in [-0.39, 0.29) is 15.7 Å². The fourth-order valence-corrected chi connectivity index (χ4v) is 4.01. The van der Waals surface area contributed by atoms with E-state index in [1.165, 1.54) is 18.2 Å². The van der Waals surface area contributed by atoms with Crippen LogP contribution in [-0.4, -0.2) is 18.3 Å². The maximum Gasteiger partial charge on any atom is 0.270 e. The maximum absolute atomic E-state index is 12.4. The molecule has 9 heteroatoms. The minimum absolute atomic E-state index is 0.187. The molecule has 0 aliphatic rings. The molecule has 122 valence electrons. The number of thiazole rings is 1. The molecule has 1 aromatic heterocycles. The predicted molar refractivity (Wildman–Crippen MR) is 91.5 cm³/mol. The second-order valence-corrected chi connectivity index (χ2v) is 7.30. The van der Waals surface area contributed by atoms with Gasteiger partial charge < -0.3 is 0 Å². The Labute approximate surface area is 141 Å². The predicted octanol–water partition coefficient (Wildman–Crippen LogP) is 3.52. The zero-order chi connectivity index (χ0) is 17.2. The van der Waals surface area contributed by atoms with Gasteiger partial charge in [-0.1, -0.05) is 36.4 Å². The number of non-ortho nitro benzene ring substituents is 1. The lowest BCUT2D eigenvalue weighted by atomic mass is 10.2. The molecule has 0 saturated carbocycles. The highest BCUT2D eigenvalue weighted by Crippen LogP contribution is 2.27. The van der Waals surface area contributed by atoms with E-state index in [1.807, 2.05) is 30.3 Å². The summed E-state index contributed by atoms with van der Waals surface area (Å²) in [5.41, 5.74) is 1.23. The summed E-state index contributed by atoms with van der Waals surface area (Å²) >= 11 is 1.14. The normalized spacial score (nSPS) is 11.2. The van der Waals surface area contributed by atoms with Crippen LogP contribution in [0.1, 0.15) is 0 Å². The summed E-state index contributed by atoms with van der Waals surface area (Å²) in [6, 6.07) is 14.2. The van der Waals surface area contributed by atoms with Crippen LogP contribution in [0.5, 0.6) is 0 Å². The first-order chi connectivity index (χ1) is 11.5. The zero-order valence-corrected chi connectivity index (χ0v) is 13.8. The van der Waals surface area contributed by atoms with Gasteiger partial charge in [0.2, 0.25) is 0 Å². The Balaban J connectivity index is 1.87. The van der Waals surface area contributed by atoms with Crippen LogP contribution in [0.3, 0.4) is 0 Å². The molecular formula is C15H11N3O4S2. The van der Waals surface area contributed by atoms with Gasteiger partial charge in [-0.25, -0.2) is 13.4 Å². The summed E-state index contributed by atoms with van der Waals surface area (Å²) in [4.78, 5) is 14.2. The monoisotopic (exact) mass is 361 g/mol. The largest absolute Gasteiger partial charge is 0.270 e. The number of sulfonamides is 1. The molecule has 0 amide bonds. The van der Waals surface area contributed by atoms with Crippen molar-refractivity contribution in [1.82, 2.24) is 4.98 Å². The Morgan fingerprint density at radius 1 is 1.08 bits per heavy atom. The molecule has 0 aliphatic carbocycles. The summed E-state index contributed by atoms with van der Waals surface area (Å²) in [6.07, 6.45) is 0. The highest BCUT2D eigenvalue weighted by atomic mass is 32.2. The first kappa shape index (κ1) is 16.1. The Morgan fingerprint density at radius 2 is 1.83 bits per heavy atom. The van der Waals surface area contributed by atoms with Crippen molar-refractivity contribution in [2.24, 2.45) is 0 Å². The fourth-order valence-electron chi connectivity index (χ4n) is 2.00. The summed E-state index contributed by atoms with van der Waals surface area (Å²) in [6.45, 7) is 0. The Hall–Kier alpha value is -2.78. The van der Waals surface area contributed by atoms with E-state index in [4.69, 9.17) is 0 Å². The van der Waals surface area contributed by atoms with Gasteiger partial charge in [0.05, 0.1) is 15.5 Å². The lowest BCUT2D eigenvalue weighted by Gasteiger charge is -2.04. The van der Waals surface area contributed by atoms with E-state index < -0.39 is 14.9 Å². The molecule has 0 fully saturated rings. The van der Waals surface area contributed by atoms with Crippen LogP contribution >= 0.6 is 11.3 Å². The summed E-state index contributed by atoms with van der Waals surface area (Å²) in [5.74, 6) is 0. The first-order valence-corrected chi connectivity index (χ1v) is 9.10. The van der Waals surface area contributed by atoms with Crippen LogP contribution in [0.2, 0.25) is 0 Å². The van der Waals surface area contributed by atoms with Gasteiger partial charge in [0.1, 0.15) is 0 Å². The Morgan fingerprint density at radius 3 is 2.54 bits per heavy atom. The van der Waals surface area contributed by atoms with Crippen molar-refractivity contribution in [3.05, 3.63) is 70.1 Å². The van der Waals surface area contributed by atoms with Crippen molar-refractivity contribution in [1.29, 1.82) is 0 Å². The third-order valence-corrected chi connectivity index (χ3v) is 5.36. The van der Waals surface area contributed by atoms with Gasteiger partial charge >= 0.3 is 0 Å². The van der Waals surface area contributed by atoms with Crippen LogP contribution in [0.25, 0.3) is 11.3 Å². The number of nitrogens with one attached hydrogen (secondary N) is 1. The second-order valence-electron chi connectivity index (χ2n) is 4.76. The van der Waals surface area contributed by atoms with Gasteiger partial charge in [0.15, 0.2) is 5.13 Å². The minimum atomic E-state index is -3.94. The molecule has 1 N–H and O–H groups in total. The topological polar surface area (TPSA) is 102 Å². The molecule has 0 aliphatic heterocycles. The van der Waals surface area contributed by atoms with Crippen molar-refractivity contribution in [3.63, 3.8) is 0 Å². The van der Waals surface area contributed by atoms with Crippen molar-refractivity contribution in [2.75, 3.05) is 4.72 Å². The summed E-state index contributed by atoms with van der Waals surface area (Å²) in [7, 11) is -3.94. The van der Waals surface area contributed by atoms with E-state index in [2.05, 4.69) is 9.71 Å². The van der Waals surface area contributed by atoms with Crippen LogP contribution in [0.15, 0.2) is 64.9 Å². The molecule has 3 aromatic rings. The van der Waals surface area contributed by atoms with Gasteiger partial charge in [-0.05, 0) is 6.07 Å². The highest BCUT2D eigenvalue weighted by molar-refractivity contribution is 7.93. The van der Waals surface area contributed by atoms with Crippen LogP contribution in [0.4, 0.5) is 10.8 Å². The first-order valence-electron chi connectivity index (χ1n) is 6.74. The molecule has 1 heterocycles. The van der Waals surface area contributed by atoms with Crippen LogP contribution in [0, 0.1) is 10.1 Å². The van der Waals surface area contributed by atoms with E-state index >= 15 is 0 Å².